The Morgan fingerprint density at radius 1 is 1.17 bits per heavy atom. The van der Waals surface area contributed by atoms with Gasteiger partial charge in [0.15, 0.2) is 11.6 Å². The summed E-state index contributed by atoms with van der Waals surface area (Å²) in [4.78, 5) is 4.28. The maximum atomic E-state index is 5.94. The lowest BCUT2D eigenvalue weighted by Gasteiger charge is -2.09. The zero-order chi connectivity index (χ0) is 16.4. The van der Waals surface area contributed by atoms with Crippen molar-refractivity contribution < 1.29 is 4.74 Å². The zero-order valence-electron chi connectivity index (χ0n) is 13.7. The highest BCUT2D eigenvalue weighted by atomic mass is 16.5. The molecule has 0 spiro atoms. The molecule has 2 aromatic heterocycles. The van der Waals surface area contributed by atoms with E-state index in [1.54, 1.807) is 11.0 Å². The van der Waals surface area contributed by atoms with E-state index in [0.717, 1.165) is 35.9 Å². The van der Waals surface area contributed by atoms with Gasteiger partial charge in [0.1, 0.15) is 24.5 Å². The van der Waals surface area contributed by atoms with Gasteiger partial charge in [-0.3, -0.25) is 4.68 Å². The molecular formula is C17H20N6O. The fourth-order valence-electron chi connectivity index (χ4n) is 3.00. The van der Waals surface area contributed by atoms with Crippen LogP contribution in [0.2, 0.25) is 0 Å². The molecule has 0 atom stereocenters. The average Bonchev–Trinajstić information content (AvgIpc) is 3.13. The van der Waals surface area contributed by atoms with Crippen molar-refractivity contribution in [3.05, 3.63) is 42.2 Å². The number of fused-ring (bicyclic) bond motifs is 1. The molecule has 0 saturated carbocycles. The molecule has 0 unspecified atom stereocenters. The van der Waals surface area contributed by atoms with E-state index in [9.17, 15) is 0 Å². The molecular weight excluding hydrogens is 304 g/mol. The van der Waals surface area contributed by atoms with Crippen LogP contribution in [0, 0.1) is 0 Å². The van der Waals surface area contributed by atoms with Crippen LogP contribution in [0.4, 0.5) is 0 Å². The molecule has 1 aliphatic heterocycles. The second kappa shape index (κ2) is 6.43. The second-order valence-electron chi connectivity index (χ2n) is 6.05. The molecule has 0 bridgehead atoms. The fourth-order valence-corrected chi connectivity index (χ4v) is 3.00. The number of hydrogen-bond acceptors (Lipinski definition) is 5. The Bertz CT molecular complexity index is 837. The first-order valence-corrected chi connectivity index (χ1v) is 8.29. The summed E-state index contributed by atoms with van der Waals surface area (Å²) in [6.45, 7) is 1.41. The van der Waals surface area contributed by atoms with Gasteiger partial charge in [-0.15, -0.1) is 10.2 Å². The standard InChI is InChI=1S/C17H20N6O/c1-22-12-18-17(21-22)13-6-5-7-14(10-13)24-11-16-20-19-15-8-3-2-4-9-23(15)16/h5-7,10,12H,2-4,8-9,11H2,1H3. The maximum Gasteiger partial charge on any atom is 0.181 e. The highest BCUT2D eigenvalue weighted by Gasteiger charge is 2.15. The third-order valence-electron chi connectivity index (χ3n) is 4.25. The van der Waals surface area contributed by atoms with Crippen molar-refractivity contribution in [2.24, 2.45) is 7.05 Å². The normalized spacial score (nSPS) is 14.2. The van der Waals surface area contributed by atoms with Crippen LogP contribution in [0.15, 0.2) is 30.6 Å². The van der Waals surface area contributed by atoms with Crippen molar-refractivity contribution in [3.63, 3.8) is 0 Å². The SMILES string of the molecule is Cn1cnc(-c2cccc(OCc3nnc4n3CCCCC4)c2)n1. The van der Waals surface area contributed by atoms with Crippen LogP contribution < -0.4 is 4.74 Å². The van der Waals surface area contributed by atoms with Crippen molar-refractivity contribution in [1.29, 1.82) is 0 Å². The van der Waals surface area contributed by atoms with E-state index in [2.05, 4.69) is 24.8 Å². The maximum absolute atomic E-state index is 5.94. The molecule has 0 fully saturated rings. The number of benzene rings is 1. The van der Waals surface area contributed by atoms with Crippen LogP contribution in [0.25, 0.3) is 11.4 Å². The van der Waals surface area contributed by atoms with Crippen LogP contribution >= 0.6 is 0 Å². The summed E-state index contributed by atoms with van der Waals surface area (Å²) in [6.07, 6.45) is 6.32. The number of nitrogens with zero attached hydrogens (tertiary/aromatic N) is 6. The number of ether oxygens (including phenoxy) is 1. The van der Waals surface area contributed by atoms with E-state index in [1.807, 2.05) is 31.3 Å². The van der Waals surface area contributed by atoms with Crippen LogP contribution in [0.3, 0.4) is 0 Å². The van der Waals surface area contributed by atoms with Gasteiger partial charge in [0.05, 0.1) is 0 Å². The molecule has 0 saturated heterocycles. The van der Waals surface area contributed by atoms with Gasteiger partial charge < -0.3 is 9.30 Å². The molecule has 0 aliphatic carbocycles. The largest absolute Gasteiger partial charge is 0.486 e. The summed E-state index contributed by atoms with van der Waals surface area (Å²) >= 11 is 0. The average molecular weight is 324 g/mol. The quantitative estimate of drug-likeness (QED) is 0.737. The molecule has 0 radical (unpaired) electrons. The molecule has 1 aromatic carbocycles. The van der Waals surface area contributed by atoms with Gasteiger partial charge >= 0.3 is 0 Å². The number of rotatable bonds is 4. The van der Waals surface area contributed by atoms with E-state index in [1.165, 1.54) is 19.3 Å². The summed E-state index contributed by atoms with van der Waals surface area (Å²) in [5.74, 6) is 3.45. The predicted molar refractivity (Wildman–Crippen MR) is 88.3 cm³/mol. The monoisotopic (exact) mass is 324 g/mol. The number of hydrogen-bond donors (Lipinski definition) is 0. The lowest BCUT2D eigenvalue weighted by molar-refractivity contribution is 0.288. The number of aryl methyl sites for hydroxylation is 2. The third kappa shape index (κ3) is 3.02. The van der Waals surface area contributed by atoms with Crippen molar-refractivity contribution in [1.82, 2.24) is 29.5 Å². The van der Waals surface area contributed by atoms with E-state index in [4.69, 9.17) is 4.74 Å². The molecule has 3 heterocycles. The highest BCUT2D eigenvalue weighted by Crippen LogP contribution is 2.22. The first-order chi connectivity index (χ1) is 11.8. The first kappa shape index (κ1) is 14.9. The molecule has 3 aromatic rings. The van der Waals surface area contributed by atoms with Crippen LogP contribution in [-0.4, -0.2) is 29.5 Å². The van der Waals surface area contributed by atoms with Crippen molar-refractivity contribution in [3.8, 4) is 17.1 Å². The molecule has 4 rings (SSSR count). The highest BCUT2D eigenvalue weighted by molar-refractivity contribution is 5.56. The van der Waals surface area contributed by atoms with Gasteiger partial charge in [-0.05, 0) is 25.0 Å². The summed E-state index contributed by atoms with van der Waals surface area (Å²) in [6, 6.07) is 7.82. The van der Waals surface area contributed by atoms with E-state index in [-0.39, 0.29) is 0 Å². The molecule has 0 amide bonds. The Hall–Kier alpha value is -2.70. The summed E-state index contributed by atoms with van der Waals surface area (Å²) < 4.78 is 9.83. The zero-order valence-corrected chi connectivity index (χ0v) is 13.7. The van der Waals surface area contributed by atoms with Gasteiger partial charge in [-0.25, -0.2) is 4.98 Å². The molecule has 0 N–H and O–H groups in total. The molecule has 1 aliphatic rings. The number of aromatic nitrogens is 6. The van der Waals surface area contributed by atoms with Gasteiger partial charge in [-0.1, -0.05) is 18.6 Å². The molecule has 7 nitrogen and oxygen atoms in total. The van der Waals surface area contributed by atoms with Crippen molar-refractivity contribution in [2.45, 2.75) is 38.8 Å². The minimum absolute atomic E-state index is 0.423. The minimum Gasteiger partial charge on any atom is -0.486 e. The van der Waals surface area contributed by atoms with Crippen LogP contribution in [0.1, 0.15) is 30.9 Å². The van der Waals surface area contributed by atoms with Crippen LogP contribution in [0.5, 0.6) is 5.75 Å². The first-order valence-electron chi connectivity index (χ1n) is 8.29. The van der Waals surface area contributed by atoms with Gasteiger partial charge in [0, 0.05) is 25.6 Å². The van der Waals surface area contributed by atoms with E-state index in [0.29, 0.717) is 12.4 Å². The Labute approximate surface area is 140 Å². The molecule has 24 heavy (non-hydrogen) atoms. The topological polar surface area (TPSA) is 70.7 Å². The van der Waals surface area contributed by atoms with Gasteiger partial charge in [0.2, 0.25) is 0 Å². The second-order valence-corrected chi connectivity index (χ2v) is 6.05. The lowest BCUT2D eigenvalue weighted by Crippen LogP contribution is -2.08. The Kier molecular flexibility index (Phi) is 3.98. The van der Waals surface area contributed by atoms with Gasteiger partial charge in [-0.2, -0.15) is 5.10 Å². The summed E-state index contributed by atoms with van der Waals surface area (Å²) in [5.41, 5.74) is 0.938. The minimum atomic E-state index is 0.423. The van der Waals surface area contributed by atoms with E-state index < -0.39 is 0 Å². The van der Waals surface area contributed by atoms with Crippen molar-refractivity contribution >= 4 is 0 Å². The Balaban J connectivity index is 1.49. The fraction of sp³-hybridized carbons (Fsp3) is 0.412. The summed E-state index contributed by atoms with van der Waals surface area (Å²) in [5, 5.41) is 12.9. The van der Waals surface area contributed by atoms with Crippen molar-refractivity contribution in [2.75, 3.05) is 0 Å². The van der Waals surface area contributed by atoms with E-state index >= 15 is 0 Å². The predicted octanol–water partition coefficient (Wildman–Crippen LogP) is 2.38. The summed E-state index contributed by atoms with van der Waals surface area (Å²) in [7, 11) is 1.86. The Morgan fingerprint density at radius 2 is 2.12 bits per heavy atom. The van der Waals surface area contributed by atoms with Gasteiger partial charge in [0.25, 0.3) is 0 Å². The molecule has 124 valence electrons. The lowest BCUT2D eigenvalue weighted by atomic mass is 10.2. The smallest absolute Gasteiger partial charge is 0.181 e. The van der Waals surface area contributed by atoms with Crippen LogP contribution in [-0.2, 0) is 26.6 Å². The Morgan fingerprint density at radius 3 is 3.00 bits per heavy atom. The third-order valence-corrected chi connectivity index (χ3v) is 4.25. The molecule has 7 heteroatoms.